The zero-order valence-corrected chi connectivity index (χ0v) is 24.9. The third kappa shape index (κ3) is 6.91. The Kier molecular flexibility index (Phi) is 9.22. The second-order valence-corrected chi connectivity index (χ2v) is 16.6. The average molecular weight is 563 g/mol. The topological polar surface area (TPSA) is 66.4 Å². The highest BCUT2D eigenvalue weighted by molar-refractivity contribution is 6.72. The van der Waals surface area contributed by atoms with Gasteiger partial charge in [0.1, 0.15) is 12.2 Å². The van der Waals surface area contributed by atoms with E-state index in [9.17, 15) is 4.80 Å². The summed E-state index contributed by atoms with van der Waals surface area (Å²) >= 11 is 0. The number of rotatable bonds is 10. The van der Waals surface area contributed by atoms with Crippen LogP contribution < -0.4 is 0 Å². The van der Waals surface area contributed by atoms with Crippen molar-refractivity contribution >= 4 is 8.32 Å². The van der Waals surface area contributed by atoms with E-state index in [0.717, 1.165) is 16.7 Å². The third-order valence-corrected chi connectivity index (χ3v) is 12.0. The molecule has 214 valence electrons. The first-order valence-electron chi connectivity index (χ1n) is 14.2. The van der Waals surface area contributed by atoms with E-state index in [4.69, 9.17) is 23.7 Å². The molecule has 40 heavy (non-hydrogen) atoms. The van der Waals surface area contributed by atoms with Crippen LogP contribution in [0.2, 0.25) is 18.1 Å². The average Bonchev–Trinajstić information content (AvgIpc) is 2.96. The molecule has 0 bridgehead atoms. The molecule has 2 aliphatic heterocycles. The monoisotopic (exact) mass is 562 g/mol. The van der Waals surface area contributed by atoms with E-state index in [0.29, 0.717) is 26.2 Å². The second kappa shape index (κ2) is 12.7. The van der Waals surface area contributed by atoms with Crippen LogP contribution in [0.5, 0.6) is 0 Å². The van der Waals surface area contributed by atoms with Gasteiger partial charge >= 0.3 is 0 Å². The minimum Gasteiger partial charge on any atom is -0.432 e. The standard InChI is InChI=1S/C33H42O6Si/c1-33(2,40(3,4)34)20-27-29-28(23-37-31(39-29)26-18-12-7-13-19-26)38-32(36-22-25-16-10-6-11-17-25)30(27)35-21-24-14-8-5-9-15-24/h5-19,27-32,34H,20-23H2,1-4H3/t27-,28+,29-,30-,31?,32-/m0/s1. The lowest BCUT2D eigenvalue weighted by atomic mass is 9.81. The molecule has 6 nitrogen and oxygen atoms in total. The molecule has 0 spiro atoms. The summed E-state index contributed by atoms with van der Waals surface area (Å²) in [5.41, 5.74) is 3.12. The van der Waals surface area contributed by atoms with E-state index in [1.165, 1.54) is 0 Å². The molecule has 3 aromatic rings. The van der Waals surface area contributed by atoms with Gasteiger partial charge in [-0.2, -0.15) is 0 Å². The van der Waals surface area contributed by atoms with Crippen LogP contribution in [0.4, 0.5) is 0 Å². The first-order chi connectivity index (χ1) is 19.2. The summed E-state index contributed by atoms with van der Waals surface area (Å²) in [6.07, 6.45) is -1.41. The molecule has 3 aromatic carbocycles. The highest BCUT2D eigenvalue weighted by atomic mass is 28.4. The van der Waals surface area contributed by atoms with Gasteiger partial charge in [-0.25, -0.2) is 0 Å². The van der Waals surface area contributed by atoms with Gasteiger partial charge in [0.15, 0.2) is 20.9 Å². The van der Waals surface area contributed by atoms with Crippen molar-refractivity contribution < 1.29 is 28.5 Å². The predicted octanol–water partition coefficient (Wildman–Crippen LogP) is 6.61. The lowest BCUT2D eigenvalue weighted by molar-refractivity contribution is -0.362. The van der Waals surface area contributed by atoms with E-state index >= 15 is 0 Å². The van der Waals surface area contributed by atoms with Crippen LogP contribution in [0.1, 0.15) is 43.2 Å². The second-order valence-electron chi connectivity index (χ2n) is 12.1. The van der Waals surface area contributed by atoms with E-state index in [2.05, 4.69) is 26.0 Å². The van der Waals surface area contributed by atoms with Crippen molar-refractivity contribution in [3.8, 4) is 0 Å². The molecule has 5 rings (SSSR count). The van der Waals surface area contributed by atoms with Crippen molar-refractivity contribution in [1.29, 1.82) is 0 Å². The maximum Gasteiger partial charge on any atom is 0.188 e. The largest absolute Gasteiger partial charge is 0.432 e. The smallest absolute Gasteiger partial charge is 0.188 e. The molecular weight excluding hydrogens is 520 g/mol. The first-order valence-corrected chi connectivity index (χ1v) is 17.2. The summed E-state index contributed by atoms with van der Waals surface area (Å²) in [5, 5.41) is -0.304. The lowest BCUT2D eigenvalue weighted by Crippen LogP contribution is -2.61. The Labute approximate surface area is 239 Å². The number of hydrogen-bond acceptors (Lipinski definition) is 6. The summed E-state index contributed by atoms with van der Waals surface area (Å²) in [5.74, 6) is -0.0905. The minimum absolute atomic E-state index is 0.0905. The van der Waals surface area contributed by atoms with Gasteiger partial charge < -0.3 is 28.5 Å². The Hall–Kier alpha value is -2.36. The number of fused-ring (bicyclic) bond motifs is 1. The van der Waals surface area contributed by atoms with Crippen molar-refractivity contribution in [1.82, 2.24) is 0 Å². The van der Waals surface area contributed by atoms with Gasteiger partial charge in [0.05, 0.1) is 25.9 Å². The summed E-state index contributed by atoms with van der Waals surface area (Å²) in [7, 11) is -2.54. The van der Waals surface area contributed by atoms with Crippen molar-refractivity contribution in [3.63, 3.8) is 0 Å². The fraction of sp³-hybridized carbons (Fsp3) is 0.455. The van der Waals surface area contributed by atoms with Crippen LogP contribution >= 0.6 is 0 Å². The van der Waals surface area contributed by atoms with Gasteiger partial charge in [0.2, 0.25) is 0 Å². The molecule has 2 saturated heterocycles. The lowest BCUT2D eigenvalue weighted by Gasteiger charge is -2.52. The van der Waals surface area contributed by atoms with E-state index in [-0.39, 0.29) is 23.2 Å². The Balaban J connectivity index is 1.46. The maximum atomic E-state index is 11.3. The van der Waals surface area contributed by atoms with Crippen LogP contribution in [-0.4, -0.2) is 44.3 Å². The van der Waals surface area contributed by atoms with Crippen LogP contribution in [0.25, 0.3) is 0 Å². The first kappa shape index (κ1) is 29.1. The summed E-state index contributed by atoms with van der Waals surface area (Å²) in [6, 6.07) is 30.3. The zero-order chi connectivity index (χ0) is 28.2. The third-order valence-electron chi connectivity index (χ3n) is 8.50. The Morgan fingerprint density at radius 2 is 1.35 bits per heavy atom. The molecule has 0 saturated carbocycles. The summed E-state index contributed by atoms with van der Waals surface area (Å²) in [6.45, 7) is 9.54. The molecule has 2 heterocycles. The van der Waals surface area contributed by atoms with E-state index < -0.39 is 27.0 Å². The zero-order valence-electron chi connectivity index (χ0n) is 23.9. The molecular formula is C33H42O6Si. The van der Waals surface area contributed by atoms with Gasteiger partial charge in [0, 0.05) is 11.5 Å². The van der Waals surface area contributed by atoms with Crippen molar-refractivity contribution in [2.45, 2.75) is 82.5 Å². The molecule has 2 fully saturated rings. The van der Waals surface area contributed by atoms with Gasteiger partial charge in [-0.3, -0.25) is 0 Å². The van der Waals surface area contributed by atoms with Gasteiger partial charge in [-0.05, 0) is 35.7 Å². The van der Waals surface area contributed by atoms with Crippen molar-refractivity contribution in [3.05, 3.63) is 108 Å². The van der Waals surface area contributed by atoms with Crippen molar-refractivity contribution in [2.24, 2.45) is 5.92 Å². The normalized spacial score (nSPS) is 27.2. The highest BCUT2D eigenvalue weighted by Gasteiger charge is 2.54. The SMILES string of the molecule is CC(C)(C[C@@H]1[C@H](OCc2ccccc2)[C@@H](OCc2ccccc2)O[C@@H]2COC(c3ccccc3)O[C@@H]12)[Si](C)(C)O. The van der Waals surface area contributed by atoms with Crippen LogP contribution in [0, 0.1) is 5.92 Å². The molecule has 1 N–H and O–H groups in total. The molecule has 0 radical (unpaired) electrons. The van der Waals surface area contributed by atoms with Crippen LogP contribution in [0.3, 0.4) is 0 Å². The Bertz CT molecular complexity index is 1180. The number of hydrogen-bond donors (Lipinski definition) is 1. The molecule has 7 heteroatoms. The predicted molar refractivity (Wildman–Crippen MR) is 157 cm³/mol. The van der Waals surface area contributed by atoms with Crippen LogP contribution in [-0.2, 0) is 36.9 Å². The molecule has 6 atom stereocenters. The van der Waals surface area contributed by atoms with Crippen molar-refractivity contribution in [2.75, 3.05) is 6.61 Å². The molecule has 0 aromatic heterocycles. The molecule has 0 aliphatic carbocycles. The molecule has 2 aliphatic rings. The van der Waals surface area contributed by atoms with Gasteiger partial charge in [0.25, 0.3) is 0 Å². The maximum absolute atomic E-state index is 11.3. The summed E-state index contributed by atoms with van der Waals surface area (Å²) < 4.78 is 32.6. The number of ether oxygens (including phenoxy) is 5. The fourth-order valence-corrected chi connectivity index (χ4v) is 6.13. The van der Waals surface area contributed by atoms with E-state index in [1.807, 2.05) is 92.0 Å². The van der Waals surface area contributed by atoms with Crippen LogP contribution in [0.15, 0.2) is 91.0 Å². The van der Waals surface area contributed by atoms with E-state index in [1.54, 1.807) is 0 Å². The Morgan fingerprint density at radius 1 is 0.800 bits per heavy atom. The van der Waals surface area contributed by atoms with Gasteiger partial charge in [-0.15, -0.1) is 0 Å². The fourth-order valence-electron chi connectivity index (χ4n) is 5.39. The highest BCUT2D eigenvalue weighted by Crippen LogP contribution is 2.48. The number of benzene rings is 3. The molecule has 1 unspecified atom stereocenters. The minimum atomic E-state index is -2.54. The quantitative estimate of drug-likeness (QED) is 0.281. The molecule has 0 amide bonds. The Morgan fingerprint density at radius 3 is 1.93 bits per heavy atom. The summed E-state index contributed by atoms with van der Waals surface area (Å²) in [4.78, 5) is 11.3. The van der Waals surface area contributed by atoms with Gasteiger partial charge in [-0.1, -0.05) is 105 Å².